The Labute approximate surface area is 155 Å². The van der Waals surface area contributed by atoms with Gasteiger partial charge in [-0.05, 0) is 44.5 Å². The number of aromatic nitrogens is 4. The Kier molecular flexibility index (Phi) is 5.34. The summed E-state index contributed by atoms with van der Waals surface area (Å²) in [7, 11) is 0. The number of hydrogen-bond acceptors (Lipinski definition) is 3. The Hall–Kier alpha value is -3.03. The second kappa shape index (κ2) is 7.69. The summed E-state index contributed by atoms with van der Waals surface area (Å²) in [5.41, 5.74) is 4.03. The Morgan fingerprint density at radius 3 is 2.70 bits per heavy atom. The fourth-order valence-corrected chi connectivity index (χ4v) is 2.94. The van der Waals surface area contributed by atoms with E-state index in [0.29, 0.717) is 33.5 Å². The standard InChI is InChI=1S/C19H21F2N5O/c1-11(7-16-8-12(2)23-24-16)22-18(27)15-6-4-5-14(9-15)17-10-26(19(20)21)25-13(17)3/h4-6,8-11,19H,7H2,1-3H3,(H,22,27)(H,23,24). The second-order valence-corrected chi connectivity index (χ2v) is 6.59. The summed E-state index contributed by atoms with van der Waals surface area (Å²) in [6.45, 7) is 2.79. The normalized spacial score (nSPS) is 12.4. The van der Waals surface area contributed by atoms with E-state index in [1.165, 1.54) is 6.20 Å². The van der Waals surface area contributed by atoms with Crippen LogP contribution < -0.4 is 5.32 Å². The van der Waals surface area contributed by atoms with E-state index in [2.05, 4.69) is 20.6 Å². The molecule has 1 unspecified atom stereocenters. The van der Waals surface area contributed by atoms with Crippen LogP contribution in [0.2, 0.25) is 0 Å². The van der Waals surface area contributed by atoms with Crippen molar-refractivity contribution in [3.63, 3.8) is 0 Å². The zero-order valence-electron chi connectivity index (χ0n) is 15.3. The molecule has 1 amide bonds. The first-order valence-electron chi connectivity index (χ1n) is 8.59. The molecular formula is C19H21F2N5O. The van der Waals surface area contributed by atoms with Gasteiger partial charge in [-0.3, -0.25) is 9.89 Å². The van der Waals surface area contributed by atoms with Gasteiger partial charge in [-0.1, -0.05) is 12.1 Å². The van der Waals surface area contributed by atoms with Crippen molar-refractivity contribution in [2.75, 3.05) is 0 Å². The van der Waals surface area contributed by atoms with E-state index in [1.54, 1.807) is 31.2 Å². The lowest BCUT2D eigenvalue weighted by molar-refractivity contribution is 0.0563. The topological polar surface area (TPSA) is 75.6 Å². The molecule has 6 nitrogen and oxygen atoms in total. The molecule has 0 spiro atoms. The van der Waals surface area contributed by atoms with Crippen LogP contribution in [0.5, 0.6) is 0 Å². The van der Waals surface area contributed by atoms with Crippen molar-refractivity contribution in [3.05, 3.63) is 59.2 Å². The number of alkyl halides is 2. The SMILES string of the molecule is Cc1cc(CC(C)NC(=O)c2cccc(-c3cn(C(F)F)nc3C)c2)n[nH]1. The molecule has 3 aromatic rings. The van der Waals surface area contributed by atoms with Crippen LogP contribution in [0.15, 0.2) is 36.5 Å². The highest BCUT2D eigenvalue weighted by atomic mass is 19.3. The molecule has 0 aliphatic rings. The van der Waals surface area contributed by atoms with Gasteiger partial charge in [-0.15, -0.1) is 0 Å². The number of carbonyl (C=O) groups excluding carboxylic acids is 1. The van der Waals surface area contributed by atoms with Gasteiger partial charge in [0.2, 0.25) is 0 Å². The molecule has 0 aliphatic heterocycles. The maximum atomic E-state index is 12.8. The number of halogens is 2. The Morgan fingerprint density at radius 2 is 2.07 bits per heavy atom. The number of H-pyrrole nitrogens is 1. The van der Waals surface area contributed by atoms with Crippen molar-refractivity contribution in [2.45, 2.75) is 39.8 Å². The number of hydrogen-bond donors (Lipinski definition) is 2. The summed E-state index contributed by atoms with van der Waals surface area (Å²) in [4.78, 5) is 12.6. The summed E-state index contributed by atoms with van der Waals surface area (Å²) in [6.07, 6.45) is 1.90. The Morgan fingerprint density at radius 1 is 1.30 bits per heavy atom. The number of benzene rings is 1. The highest BCUT2D eigenvalue weighted by Gasteiger charge is 2.16. The Bertz CT molecular complexity index is 947. The van der Waals surface area contributed by atoms with E-state index in [9.17, 15) is 13.6 Å². The predicted octanol–water partition coefficient (Wildman–Crippen LogP) is 3.65. The van der Waals surface area contributed by atoms with Crippen LogP contribution in [0.4, 0.5) is 8.78 Å². The number of nitrogens with zero attached hydrogens (tertiary/aromatic N) is 3. The van der Waals surface area contributed by atoms with E-state index >= 15 is 0 Å². The minimum atomic E-state index is -2.70. The maximum Gasteiger partial charge on any atom is 0.333 e. The van der Waals surface area contributed by atoms with E-state index in [4.69, 9.17) is 0 Å². The number of nitrogens with one attached hydrogen (secondary N) is 2. The number of carbonyl (C=O) groups is 1. The minimum absolute atomic E-state index is 0.104. The zero-order chi connectivity index (χ0) is 19.6. The molecular weight excluding hydrogens is 352 g/mol. The summed E-state index contributed by atoms with van der Waals surface area (Å²) in [5.74, 6) is -0.226. The average molecular weight is 373 g/mol. The van der Waals surface area contributed by atoms with Gasteiger partial charge in [0, 0.05) is 35.5 Å². The van der Waals surface area contributed by atoms with Crippen LogP contribution in [0.3, 0.4) is 0 Å². The van der Waals surface area contributed by atoms with Crippen molar-refractivity contribution in [2.24, 2.45) is 0 Å². The molecule has 0 radical (unpaired) electrons. The minimum Gasteiger partial charge on any atom is -0.349 e. The lowest BCUT2D eigenvalue weighted by Gasteiger charge is -2.13. The van der Waals surface area contributed by atoms with Gasteiger partial charge in [0.05, 0.1) is 11.4 Å². The first-order chi connectivity index (χ1) is 12.8. The van der Waals surface area contributed by atoms with Crippen molar-refractivity contribution in [1.29, 1.82) is 0 Å². The highest BCUT2D eigenvalue weighted by molar-refractivity contribution is 5.95. The van der Waals surface area contributed by atoms with Gasteiger partial charge < -0.3 is 5.32 Å². The van der Waals surface area contributed by atoms with Crippen LogP contribution >= 0.6 is 0 Å². The smallest absolute Gasteiger partial charge is 0.333 e. The van der Waals surface area contributed by atoms with Gasteiger partial charge in [0.1, 0.15) is 0 Å². The Balaban J connectivity index is 1.73. The quantitative estimate of drug-likeness (QED) is 0.693. The van der Waals surface area contributed by atoms with Crippen molar-refractivity contribution >= 4 is 5.91 Å². The molecule has 1 atom stereocenters. The molecule has 142 valence electrons. The number of rotatable bonds is 6. The fraction of sp³-hybridized carbons (Fsp3) is 0.316. The largest absolute Gasteiger partial charge is 0.349 e. The van der Waals surface area contributed by atoms with Gasteiger partial charge in [-0.2, -0.15) is 19.0 Å². The monoisotopic (exact) mass is 373 g/mol. The molecule has 3 rings (SSSR count). The first kappa shape index (κ1) is 18.8. The number of aromatic amines is 1. The van der Waals surface area contributed by atoms with E-state index < -0.39 is 6.55 Å². The summed E-state index contributed by atoms with van der Waals surface area (Å²) in [5, 5.41) is 13.8. The molecule has 0 fully saturated rings. The second-order valence-electron chi connectivity index (χ2n) is 6.59. The predicted molar refractivity (Wildman–Crippen MR) is 97.6 cm³/mol. The van der Waals surface area contributed by atoms with Gasteiger partial charge in [0.15, 0.2) is 0 Å². The van der Waals surface area contributed by atoms with Crippen molar-refractivity contribution in [1.82, 2.24) is 25.3 Å². The van der Waals surface area contributed by atoms with Crippen LogP contribution in [0, 0.1) is 13.8 Å². The van der Waals surface area contributed by atoms with E-state index in [1.807, 2.05) is 19.9 Å². The number of aryl methyl sites for hydroxylation is 2. The van der Waals surface area contributed by atoms with E-state index in [0.717, 1.165) is 11.4 Å². The molecule has 8 heteroatoms. The van der Waals surface area contributed by atoms with Crippen LogP contribution in [0.1, 0.15) is 40.9 Å². The molecule has 0 aliphatic carbocycles. The molecule has 1 aromatic carbocycles. The molecule has 27 heavy (non-hydrogen) atoms. The highest BCUT2D eigenvalue weighted by Crippen LogP contribution is 2.25. The van der Waals surface area contributed by atoms with Gasteiger partial charge in [-0.25, -0.2) is 4.68 Å². The van der Waals surface area contributed by atoms with Crippen LogP contribution in [0.25, 0.3) is 11.1 Å². The molecule has 2 aromatic heterocycles. The third-order valence-electron chi connectivity index (χ3n) is 4.20. The van der Waals surface area contributed by atoms with Crippen molar-refractivity contribution < 1.29 is 13.6 Å². The third-order valence-corrected chi connectivity index (χ3v) is 4.20. The van der Waals surface area contributed by atoms with Crippen molar-refractivity contribution in [3.8, 4) is 11.1 Å². The lowest BCUT2D eigenvalue weighted by Crippen LogP contribution is -2.34. The van der Waals surface area contributed by atoms with Crippen LogP contribution in [-0.2, 0) is 6.42 Å². The summed E-state index contributed by atoms with van der Waals surface area (Å²) >= 11 is 0. The summed E-state index contributed by atoms with van der Waals surface area (Å²) < 4.78 is 26.3. The fourth-order valence-electron chi connectivity index (χ4n) is 2.94. The molecule has 2 heterocycles. The number of amides is 1. The summed E-state index contributed by atoms with van der Waals surface area (Å²) in [6, 6.07) is 8.70. The lowest BCUT2D eigenvalue weighted by atomic mass is 10.0. The molecule has 2 N–H and O–H groups in total. The third kappa shape index (κ3) is 4.39. The molecule has 0 saturated heterocycles. The average Bonchev–Trinajstić information content (AvgIpc) is 3.20. The molecule has 0 saturated carbocycles. The van der Waals surface area contributed by atoms with Gasteiger partial charge >= 0.3 is 6.55 Å². The first-order valence-corrected chi connectivity index (χ1v) is 8.59. The van der Waals surface area contributed by atoms with Crippen LogP contribution in [-0.4, -0.2) is 31.9 Å². The molecule has 0 bridgehead atoms. The van der Waals surface area contributed by atoms with E-state index in [-0.39, 0.29) is 11.9 Å². The zero-order valence-corrected chi connectivity index (χ0v) is 15.3. The van der Waals surface area contributed by atoms with Gasteiger partial charge in [0.25, 0.3) is 5.91 Å². The maximum absolute atomic E-state index is 12.8.